The highest BCUT2D eigenvalue weighted by atomic mass is 16.4. The predicted molar refractivity (Wildman–Crippen MR) is 77.7 cm³/mol. The second-order valence-electron chi connectivity index (χ2n) is 5.92. The Balaban J connectivity index is 1.65. The van der Waals surface area contributed by atoms with E-state index in [-0.39, 0.29) is 18.2 Å². The number of nitrogens with zero attached hydrogens (tertiary/aromatic N) is 1. The summed E-state index contributed by atoms with van der Waals surface area (Å²) >= 11 is 0. The molecule has 5 heteroatoms. The first-order valence-corrected chi connectivity index (χ1v) is 7.45. The van der Waals surface area contributed by atoms with Crippen molar-refractivity contribution in [2.75, 3.05) is 13.1 Å². The molecule has 0 aliphatic carbocycles. The molecular weight excluding hydrogens is 268 g/mol. The maximum absolute atomic E-state index is 11.8. The van der Waals surface area contributed by atoms with Gasteiger partial charge in [-0.3, -0.25) is 14.5 Å². The van der Waals surface area contributed by atoms with Crippen LogP contribution in [0, 0.1) is 5.92 Å². The zero-order valence-corrected chi connectivity index (χ0v) is 11.9. The van der Waals surface area contributed by atoms with Gasteiger partial charge in [0.05, 0.1) is 12.3 Å². The first-order chi connectivity index (χ1) is 10.1. The Kier molecular flexibility index (Phi) is 3.92. The highest BCUT2D eigenvalue weighted by Gasteiger charge is 2.40. The highest BCUT2D eigenvalue weighted by molar-refractivity contribution is 5.82. The summed E-state index contributed by atoms with van der Waals surface area (Å²) in [7, 11) is 0. The summed E-state index contributed by atoms with van der Waals surface area (Å²) in [5, 5.41) is 11.7. The second-order valence-corrected chi connectivity index (χ2v) is 5.92. The number of nitrogens with one attached hydrogen (secondary N) is 1. The lowest BCUT2D eigenvalue weighted by Gasteiger charge is -2.35. The quantitative estimate of drug-likeness (QED) is 0.868. The van der Waals surface area contributed by atoms with Crippen LogP contribution in [0.2, 0.25) is 0 Å². The first-order valence-electron chi connectivity index (χ1n) is 7.45. The topological polar surface area (TPSA) is 69.6 Å². The monoisotopic (exact) mass is 288 g/mol. The Morgan fingerprint density at radius 1 is 1.29 bits per heavy atom. The number of amides is 1. The molecule has 2 aliphatic rings. The van der Waals surface area contributed by atoms with Gasteiger partial charge in [0.1, 0.15) is 0 Å². The van der Waals surface area contributed by atoms with Crippen LogP contribution in [0.4, 0.5) is 0 Å². The zero-order valence-electron chi connectivity index (χ0n) is 11.9. The van der Waals surface area contributed by atoms with Crippen LogP contribution in [0.25, 0.3) is 0 Å². The molecular formula is C16H20N2O3. The van der Waals surface area contributed by atoms with Gasteiger partial charge in [0.25, 0.3) is 0 Å². The number of carboxylic acid groups (broad SMARTS) is 1. The molecule has 1 aromatic carbocycles. The van der Waals surface area contributed by atoms with Crippen molar-refractivity contribution in [2.45, 2.75) is 31.8 Å². The minimum absolute atomic E-state index is 0.0626. The summed E-state index contributed by atoms with van der Waals surface area (Å²) < 4.78 is 0. The van der Waals surface area contributed by atoms with Gasteiger partial charge in [-0.15, -0.1) is 0 Å². The molecule has 0 saturated carbocycles. The van der Waals surface area contributed by atoms with Crippen LogP contribution < -0.4 is 5.32 Å². The van der Waals surface area contributed by atoms with Crippen LogP contribution >= 0.6 is 0 Å². The van der Waals surface area contributed by atoms with E-state index < -0.39 is 5.97 Å². The van der Waals surface area contributed by atoms with Gasteiger partial charge in [-0.05, 0) is 30.5 Å². The molecule has 1 amide bonds. The Hall–Kier alpha value is -1.88. The molecule has 2 aliphatic heterocycles. The van der Waals surface area contributed by atoms with Crippen LogP contribution in [0.15, 0.2) is 24.3 Å². The Morgan fingerprint density at radius 3 is 2.71 bits per heavy atom. The number of carbonyl (C=O) groups excluding carboxylic acids is 1. The molecule has 2 N–H and O–H groups in total. The minimum Gasteiger partial charge on any atom is -0.481 e. The summed E-state index contributed by atoms with van der Waals surface area (Å²) in [6, 6.07) is 8.05. The zero-order chi connectivity index (χ0) is 14.8. The van der Waals surface area contributed by atoms with E-state index in [2.05, 4.69) is 10.2 Å². The largest absolute Gasteiger partial charge is 0.481 e. The van der Waals surface area contributed by atoms with Crippen LogP contribution in [-0.2, 0) is 22.6 Å². The number of aliphatic carboxylic acids is 1. The number of hydrogen-bond donors (Lipinski definition) is 2. The van der Waals surface area contributed by atoms with Crippen molar-refractivity contribution in [3.63, 3.8) is 0 Å². The van der Waals surface area contributed by atoms with E-state index in [1.807, 2.05) is 24.3 Å². The lowest BCUT2D eigenvalue weighted by molar-refractivity contribution is -0.136. The minimum atomic E-state index is -0.808. The molecule has 0 radical (unpaired) electrons. The van der Waals surface area contributed by atoms with Crippen molar-refractivity contribution >= 4 is 11.9 Å². The van der Waals surface area contributed by atoms with Gasteiger partial charge in [-0.25, -0.2) is 0 Å². The van der Waals surface area contributed by atoms with Gasteiger partial charge in [0.2, 0.25) is 5.91 Å². The van der Waals surface area contributed by atoms with Gasteiger partial charge < -0.3 is 10.4 Å². The molecule has 0 bridgehead atoms. The number of hydrogen-bond acceptors (Lipinski definition) is 3. The molecule has 3 rings (SSSR count). The summed E-state index contributed by atoms with van der Waals surface area (Å²) in [5.74, 6) is -0.469. The molecule has 21 heavy (non-hydrogen) atoms. The number of likely N-dealkylation sites (tertiary alicyclic amines) is 1. The fourth-order valence-electron chi connectivity index (χ4n) is 3.41. The number of piperidine rings is 1. The number of carboxylic acids is 1. The molecule has 2 atom stereocenters. The maximum Gasteiger partial charge on any atom is 0.307 e. The van der Waals surface area contributed by atoms with Crippen LogP contribution in [0.5, 0.6) is 0 Å². The number of rotatable bonds is 4. The number of benzene rings is 1. The third-order valence-electron chi connectivity index (χ3n) is 4.48. The lowest BCUT2D eigenvalue weighted by Crippen LogP contribution is -2.44. The van der Waals surface area contributed by atoms with Crippen molar-refractivity contribution in [3.8, 4) is 0 Å². The SMILES string of the molecule is O=C(O)Cc1ccc(CN2CCCC3C(=O)NCC32)cc1. The first kappa shape index (κ1) is 14.1. The molecule has 2 saturated heterocycles. The molecule has 1 aromatic rings. The van der Waals surface area contributed by atoms with Gasteiger partial charge in [0, 0.05) is 19.1 Å². The van der Waals surface area contributed by atoms with E-state index in [1.165, 1.54) is 5.56 Å². The molecule has 0 aromatic heterocycles. The summed E-state index contributed by atoms with van der Waals surface area (Å²) in [6.45, 7) is 2.59. The van der Waals surface area contributed by atoms with Crippen molar-refractivity contribution in [1.82, 2.24) is 10.2 Å². The third-order valence-corrected chi connectivity index (χ3v) is 4.48. The van der Waals surface area contributed by atoms with Crippen LogP contribution in [0.3, 0.4) is 0 Å². The van der Waals surface area contributed by atoms with Gasteiger partial charge in [0.15, 0.2) is 0 Å². The maximum atomic E-state index is 11.8. The molecule has 2 fully saturated rings. The average molecular weight is 288 g/mol. The second kappa shape index (κ2) is 5.85. The fourth-order valence-corrected chi connectivity index (χ4v) is 3.41. The Morgan fingerprint density at radius 2 is 2.00 bits per heavy atom. The van der Waals surface area contributed by atoms with E-state index >= 15 is 0 Å². The average Bonchev–Trinajstić information content (AvgIpc) is 2.83. The Labute approximate surface area is 123 Å². The Bertz CT molecular complexity index is 541. The van der Waals surface area contributed by atoms with E-state index in [9.17, 15) is 9.59 Å². The molecule has 5 nitrogen and oxygen atoms in total. The fraction of sp³-hybridized carbons (Fsp3) is 0.500. The molecule has 2 heterocycles. The highest BCUT2D eigenvalue weighted by Crippen LogP contribution is 2.28. The lowest BCUT2D eigenvalue weighted by atomic mass is 9.91. The van der Waals surface area contributed by atoms with Gasteiger partial charge in [-0.1, -0.05) is 24.3 Å². The van der Waals surface area contributed by atoms with Crippen molar-refractivity contribution in [3.05, 3.63) is 35.4 Å². The van der Waals surface area contributed by atoms with Crippen molar-refractivity contribution in [1.29, 1.82) is 0 Å². The van der Waals surface area contributed by atoms with E-state index in [0.717, 1.165) is 38.0 Å². The molecule has 2 unspecified atom stereocenters. The third kappa shape index (κ3) is 3.08. The van der Waals surface area contributed by atoms with Crippen LogP contribution in [0.1, 0.15) is 24.0 Å². The van der Waals surface area contributed by atoms with E-state index in [4.69, 9.17) is 5.11 Å². The number of carbonyl (C=O) groups is 2. The van der Waals surface area contributed by atoms with E-state index in [1.54, 1.807) is 0 Å². The summed E-state index contributed by atoms with van der Waals surface area (Å²) in [6.07, 6.45) is 2.11. The molecule has 0 spiro atoms. The van der Waals surface area contributed by atoms with Gasteiger partial charge in [-0.2, -0.15) is 0 Å². The van der Waals surface area contributed by atoms with E-state index in [0.29, 0.717) is 6.04 Å². The standard InChI is InChI=1S/C16H20N2O3/c19-15(20)8-11-3-5-12(6-4-11)10-18-7-1-2-13-14(18)9-17-16(13)21/h3-6,13-14H,1-2,7-10H2,(H,17,21)(H,19,20). The number of fused-ring (bicyclic) bond motifs is 1. The molecule has 112 valence electrons. The smallest absolute Gasteiger partial charge is 0.307 e. The van der Waals surface area contributed by atoms with Crippen LogP contribution in [-0.4, -0.2) is 41.0 Å². The summed E-state index contributed by atoms with van der Waals surface area (Å²) in [4.78, 5) is 24.8. The predicted octanol–water partition coefficient (Wildman–Crippen LogP) is 1.02. The normalized spacial score (nSPS) is 25.4. The van der Waals surface area contributed by atoms with Crippen molar-refractivity contribution in [2.24, 2.45) is 5.92 Å². The van der Waals surface area contributed by atoms with Gasteiger partial charge >= 0.3 is 5.97 Å². The summed E-state index contributed by atoms with van der Waals surface area (Å²) in [5.41, 5.74) is 1.99. The van der Waals surface area contributed by atoms with Crippen molar-refractivity contribution < 1.29 is 14.7 Å².